The average molecular weight is 556 g/mol. The molecule has 2 aromatic carbocycles. The minimum atomic E-state index is -0.566. The molecule has 8 nitrogen and oxygen atoms in total. The monoisotopic (exact) mass is 555 g/mol. The van der Waals surface area contributed by atoms with Gasteiger partial charge in [0.15, 0.2) is 0 Å². The zero-order valence-electron chi connectivity index (χ0n) is 25.0. The molecule has 222 valence electrons. The maximum atomic E-state index is 12.9. The molecule has 40 heavy (non-hydrogen) atoms. The third kappa shape index (κ3) is 12.5. The van der Waals surface area contributed by atoms with Crippen LogP contribution >= 0.6 is 0 Å². The third-order valence-corrected chi connectivity index (χ3v) is 6.98. The van der Waals surface area contributed by atoms with E-state index in [1.807, 2.05) is 70.2 Å². The summed E-state index contributed by atoms with van der Waals surface area (Å²) < 4.78 is 16.8. The Hall–Kier alpha value is -2.94. The van der Waals surface area contributed by atoms with Crippen molar-refractivity contribution in [1.29, 1.82) is 0 Å². The van der Waals surface area contributed by atoms with Crippen LogP contribution < -0.4 is 21.1 Å². The lowest BCUT2D eigenvalue weighted by Gasteiger charge is -2.24. The van der Waals surface area contributed by atoms with Crippen molar-refractivity contribution < 1.29 is 23.8 Å². The largest absolute Gasteiger partial charge is 0.493 e. The van der Waals surface area contributed by atoms with Gasteiger partial charge >= 0.3 is 0 Å². The molecule has 3 unspecified atom stereocenters. The van der Waals surface area contributed by atoms with E-state index in [-0.39, 0.29) is 23.8 Å². The number of aryl methyl sites for hydroxylation is 2. The Labute approximate surface area is 240 Å². The molecule has 0 aromatic heterocycles. The molecule has 2 amide bonds. The summed E-state index contributed by atoms with van der Waals surface area (Å²) in [6, 6.07) is 13.3. The van der Waals surface area contributed by atoms with Gasteiger partial charge in [0.25, 0.3) is 0 Å². The topological polar surface area (TPSA) is 112 Å². The van der Waals surface area contributed by atoms with Crippen molar-refractivity contribution in [2.45, 2.75) is 85.0 Å². The molecule has 0 saturated heterocycles. The number of benzene rings is 2. The lowest BCUT2D eigenvalue weighted by atomic mass is 9.97. The van der Waals surface area contributed by atoms with Gasteiger partial charge in [-0.2, -0.15) is 0 Å². The molecule has 0 saturated carbocycles. The molecule has 0 spiro atoms. The molecule has 0 heterocycles. The van der Waals surface area contributed by atoms with Crippen LogP contribution in [-0.4, -0.2) is 50.8 Å². The molecule has 4 N–H and O–H groups in total. The summed E-state index contributed by atoms with van der Waals surface area (Å²) in [6.45, 7) is 10.6. The van der Waals surface area contributed by atoms with Gasteiger partial charge in [-0.1, -0.05) is 62.2 Å². The summed E-state index contributed by atoms with van der Waals surface area (Å²) in [5.41, 5.74) is 10.5. The summed E-state index contributed by atoms with van der Waals surface area (Å²) in [6.07, 6.45) is 3.21. The summed E-state index contributed by atoms with van der Waals surface area (Å²) in [4.78, 5) is 25.5. The first kappa shape index (κ1) is 33.3. The van der Waals surface area contributed by atoms with E-state index in [1.165, 1.54) is 5.56 Å². The number of methoxy groups -OCH3 is 1. The highest BCUT2D eigenvalue weighted by Crippen LogP contribution is 2.20. The number of carbonyl (C=O) groups is 2. The number of ether oxygens (including phenoxy) is 3. The number of nitrogens with one attached hydrogen (secondary N) is 2. The van der Waals surface area contributed by atoms with Crippen molar-refractivity contribution >= 4 is 11.8 Å². The minimum Gasteiger partial charge on any atom is -0.493 e. The van der Waals surface area contributed by atoms with E-state index in [2.05, 4.69) is 10.6 Å². The molecule has 2 rings (SSSR count). The Balaban J connectivity index is 1.71. The predicted octanol–water partition coefficient (Wildman–Crippen LogP) is 4.58. The fourth-order valence-corrected chi connectivity index (χ4v) is 4.16. The van der Waals surface area contributed by atoms with E-state index in [4.69, 9.17) is 19.9 Å². The first-order valence-corrected chi connectivity index (χ1v) is 14.4. The smallest absolute Gasteiger partial charge is 0.243 e. The highest BCUT2D eigenvalue weighted by molar-refractivity contribution is 5.87. The van der Waals surface area contributed by atoms with Gasteiger partial charge in [-0.15, -0.1) is 0 Å². The summed E-state index contributed by atoms with van der Waals surface area (Å²) in [5, 5.41) is 5.91. The Morgan fingerprint density at radius 3 is 2.42 bits per heavy atom. The zero-order chi connectivity index (χ0) is 29.3. The maximum Gasteiger partial charge on any atom is 0.243 e. The van der Waals surface area contributed by atoms with E-state index in [1.54, 1.807) is 7.11 Å². The number of nitrogens with two attached hydrogens (primary N) is 1. The second-order valence-corrected chi connectivity index (χ2v) is 10.6. The number of amides is 2. The van der Waals surface area contributed by atoms with Crippen LogP contribution in [0.5, 0.6) is 5.75 Å². The van der Waals surface area contributed by atoms with Gasteiger partial charge in [-0.25, -0.2) is 0 Å². The van der Waals surface area contributed by atoms with Crippen molar-refractivity contribution in [2.75, 3.05) is 26.9 Å². The van der Waals surface area contributed by atoms with Crippen LogP contribution in [0.3, 0.4) is 0 Å². The van der Waals surface area contributed by atoms with E-state index >= 15 is 0 Å². The van der Waals surface area contributed by atoms with Gasteiger partial charge in [0, 0.05) is 39.1 Å². The first-order chi connectivity index (χ1) is 19.2. The van der Waals surface area contributed by atoms with Gasteiger partial charge in [0.1, 0.15) is 11.8 Å². The normalized spacial score (nSPS) is 13.3. The summed E-state index contributed by atoms with van der Waals surface area (Å²) >= 11 is 0. The molecule has 0 aliphatic rings. The first-order valence-electron chi connectivity index (χ1n) is 14.4. The fourth-order valence-electron chi connectivity index (χ4n) is 4.16. The van der Waals surface area contributed by atoms with Crippen molar-refractivity contribution in [3.63, 3.8) is 0 Å². The highest BCUT2D eigenvalue weighted by Gasteiger charge is 2.25. The molecule has 8 heteroatoms. The number of rotatable bonds is 19. The van der Waals surface area contributed by atoms with Crippen LogP contribution in [0.1, 0.15) is 68.2 Å². The van der Waals surface area contributed by atoms with Gasteiger partial charge < -0.3 is 30.6 Å². The molecule has 3 atom stereocenters. The number of carbonyl (C=O) groups excluding carboxylic acids is 2. The van der Waals surface area contributed by atoms with Gasteiger partial charge in [-0.05, 0) is 55.4 Å². The SMILES string of the molecule is CCC(C)C(NC(=O)CCCC(N)COCc1ccc(C)c(OCCCOC)c1)C(=O)NCc1ccc(C)cc1. The number of hydrogen-bond donors (Lipinski definition) is 3. The second-order valence-electron chi connectivity index (χ2n) is 10.6. The lowest BCUT2D eigenvalue weighted by Crippen LogP contribution is -2.50. The van der Waals surface area contributed by atoms with Crippen LogP contribution in [0, 0.1) is 19.8 Å². The van der Waals surface area contributed by atoms with Crippen molar-refractivity contribution in [3.8, 4) is 5.75 Å². The third-order valence-electron chi connectivity index (χ3n) is 6.98. The standard InChI is InChI=1S/C32H49N3O5/c1-6-24(3)31(32(37)34-20-26-14-11-23(2)12-15-26)35-30(36)10-7-9-28(33)22-39-21-27-16-13-25(4)29(19-27)40-18-8-17-38-5/h11-16,19,24,28,31H,6-10,17-18,20-22,33H2,1-5H3,(H,34,37)(H,35,36). The summed E-state index contributed by atoms with van der Waals surface area (Å²) in [7, 11) is 1.68. The van der Waals surface area contributed by atoms with Crippen molar-refractivity contribution in [2.24, 2.45) is 11.7 Å². The molecule has 0 fully saturated rings. The lowest BCUT2D eigenvalue weighted by molar-refractivity contribution is -0.130. The van der Waals surface area contributed by atoms with E-state index in [0.717, 1.165) is 35.3 Å². The fraction of sp³-hybridized carbons (Fsp3) is 0.562. The van der Waals surface area contributed by atoms with E-state index in [9.17, 15) is 9.59 Å². The summed E-state index contributed by atoms with van der Waals surface area (Å²) in [5.74, 6) is 0.581. The molecule has 0 aliphatic heterocycles. The second kappa shape index (κ2) is 18.4. The van der Waals surface area contributed by atoms with Gasteiger partial charge in [0.05, 0.1) is 19.8 Å². The van der Waals surface area contributed by atoms with E-state index < -0.39 is 6.04 Å². The minimum absolute atomic E-state index is 0.0238. The van der Waals surface area contributed by atoms with Crippen LogP contribution in [-0.2, 0) is 32.2 Å². The molecular weight excluding hydrogens is 506 g/mol. The van der Waals surface area contributed by atoms with Gasteiger partial charge in [0.2, 0.25) is 11.8 Å². The predicted molar refractivity (Wildman–Crippen MR) is 159 cm³/mol. The Morgan fingerprint density at radius 1 is 1.00 bits per heavy atom. The number of hydrogen-bond acceptors (Lipinski definition) is 6. The van der Waals surface area contributed by atoms with Gasteiger partial charge in [-0.3, -0.25) is 9.59 Å². The van der Waals surface area contributed by atoms with Crippen LogP contribution in [0.2, 0.25) is 0 Å². The van der Waals surface area contributed by atoms with Crippen LogP contribution in [0.15, 0.2) is 42.5 Å². The zero-order valence-corrected chi connectivity index (χ0v) is 25.0. The Kier molecular flexibility index (Phi) is 15.3. The Bertz CT molecular complexity index is 1030. The Morgan fingerprint density at radius 2 is 1.73 bits per heavy atom. The highest BCUT2D eigenvalue weighted by atomic mass is 16.5. The quantitative estimate of drug-likeness (QED) is 0.219. The van der Waals surface area contributed by atoms with Crippen LogP contribution in [0.4, 0.5) is 0 Å². The van der Waals surface area contributed by atoms with Crippen molar-refractivity contribution in [1.82, 2.24) is 10.6 Å². The molecule has 0 radical (unpaired) electrons. The van der Waals surface area contributed by atoms with E-state index in [0.29, 0.717) is 52.2 Å². The molecule has 0 aliphatic carbocycles. The maximum absolute atomic E-state index is 12.9. The van der Waals surface area contributed by atoms with Crippen molar-refractivity contribution in [3.05, 3.63) is 64.7 Å². The molecular formula is C32H49N3O5. The average Bonchev–Trinajstić information content (AvgIpc) is 2.94. The molecule has 2 aromatic rings. The molecule has 0 bridgehead atoms. The van der Waals surface area contributed by atoms with Crippen LogP contribution in [0.25, 0.3) is 0 Å².